The van der Waals surface area contributed by atoms with E-state index in [1.54, 1.807) is 0 Å². The van der Waals surface area contributed by atoms with Gasteiger partial charge in [-0.15, -0.1) is 0 Å². The number of nitrogens with one attached hydrogen (secondary N) is 1. The molecule has 1 saturated carbocycles. The van der Waals surface area contributed by atoms with Crippen molar-refractivity contribution in [1.29, 1.82) is 0 Å². The molecule has 0 bridgehead atoms. The van der Waals surface area contributed by atoms with Crippen molar-refractivity contribution >= 4 is 5.91 Å². The quantitative estimate of drug-likeness (QED) is 0.686. The van der Waals surface area contributed by atoms with Crippen molar-refractivity contribution < 1.29 is 4.79 Å². The molecule has 3 atom stereocenters. The minimum Gasteiger partial charge on any atom is -0.354 e. The zero-order chi connectivity index (χ0) is 13.4. The minimum absolute atomic E-state index is 0.196. The van der Waals surface area contributed by atoms with Gasteiger partial charge in [0.05, 0.1) is 0 Å². The molecule has 1 aliphatic rings. The Morgan fingerprint density at radius 2 is 2.06 bits per heavy atom. The zero-order valence-electron chi connectivity index (χ0n) is 12.1. The Labute approximate surface area is 112 Å². The van der Waals surface area contributed by atoms with Crippen LogP contribution in [0.15, 0.2) is 0 Å². The lowest BCUT2D eigenvalue weighted by molar-refractivity contribution is -0.123. The molecule has 0 spiro atoms. The van der Waals surface area contributed by atoms with Gasteiger partial charge in [0.2, 0.25) is 5.91 Å². The molecule has 18 heavy (non-hydrogen) atoms. The van der Waals surface area contributed by atoms with Gasteiger partial charge in [0, 0.05) is 18.5 Å². The summed E-state index contributed by atoms with van der Waals surface area (Å²) < 4.78 is 0. The summed E-state index contributed by atoms with van der Waals surface area (Å²) in [6.45, 7) is 4.31. The summed E-state index contributed by atoms with van der Waals surface area (Å²) in [5, 5.41) is 3.11. The smallest absolute Gasteiger partial charge is 0.220 e. The standard InChI is InChI=1S/C15H30N2O/c1-3-4-5-8-12(2)17-15(18)11-13-9-6-7-10-14(13)16/h12-14H,3-11,16H2,1-2H3,(H,17,18). The summed E-state index contributed by atoms with van der Waals surface area (Å²) in [7, 11) is 0. The minimum atomic E-state index is 0.196. The van der Waals surface area contributed by atoms with E-state index >= 15 is 0 Å². The van der Waals surface area contributed by atoms with Crippen LogP contribution in [-0.2, 0) is 4.79 Å². The lowest BCUT2D eigenvalue weighted by Crippen LogP contribution is -2.39. The number of nitrogens with two attached hydrogens (primary N) is 1. The largest absolute Gasteiger partial charge is 0.354 e. The number of hydrogen-bond acceptors (Lipinski definition) is 2. The van der Waals surface area contributed by atoms with E-state index in [1.807, 2.05) is 0 Å². The van der Waals surface area contributed by atoms with Crippen LogP contribution in [0.3, 0.4) is 0 Å². The fraction of sp³-hybridized carbons (Fsp3) is 0.933. The highest BCUT2D eigenvalue weighted by Gasteiger charge is 2.24. The van der Waals surface area contributed by atoms with Crippen LogP contribution in [0.1, 0.15) is 71.6 Å². The summed E-state index contributed by atoms with van der Waals surface area (Å²) >= 11 is 0. The maximum Gasteiger partial charge on any atom is 0.220 e. The van der Waals surface area contributed by atoms with Crippen molar-refractivity contribution in [2.45, 2.75) is 83.7 Å². The van der Waals surface area contributed by atoms with Crippen molar-refractivity contribution in [2.24, 2.45) is 11.7 Å². The van der Waals surface area contributed by atoms with Crippen LogP contribution >= 0.6 is 0 Å². The van der Waals surface area contributed by atoms with Crippen LogP contribution < -0.4 is 11.1 Å². The van der Waals surface area contributed by atoms with E-state index in [9.17, 15) is 4.79 Å². The molecule has 0 aliphatic heterocycles. The lowest BCUT2D eigenvalue weighted by atomic mass is 9.83. The third kappa shape index (κ3) is 5.85. The molecule has 1 fully saturated rings. The molecule has 0 heterocycles. The molecule has 3 unspecified atom stereocenters. The Balaban J connectivity index is 2.19. The highest BCUT2D eigenvalue weighted by Crippen LogP contribution is 2.25. The highest BCUT2D eigenvalue weighted by atomic mass is 16.1. The van der Waals surface area contributed by atoms with Crippen molar-refractivity contribution in [3.63, 3.8) is 0 Å². The molecule has 1 amide bonds. The second-order valence-electron chi connectivity index (χ2n) is 5.88. The van der Waals surface area contributed by atoms with Crippen molar-refractivity contribution in [3.05, 3.63) is 0 Å². The maximum absolute atomic E-state index is 11.9. The Hall–Kier alpha value is -0.570. The number of unbranched alkanes of at least 4 members (excludes halogenated alkanes) is 2. The molecular formula is C15H30N2O. The molecule has 3 N–H and O–H groups in total. The second-order valence-corrected chi connectivity index (χ2v) is 5.88. The number of hydrogen-bond donors (Lipinski definition) is 2. The molecule has 1 rings (SSSR count). The maximum atomic E-state index is 11.9. The van der Waals surface area contributed by atoms with E-state index in [2.05, 4.69) is 19.2 Å². The third-order valence-electron chi connectivity index (χ3n) is 4.06. The molecular weight excluding hydrogens is 224 g/mol. The van der Waals surface area contributed by atoms with Gasteiger partial charge in [-0.25, -0.2) is 0 Å². The van der Waals surface area contributed by atoms with E-state index in [1.165, 1.54) is 32.1 Å². The van der Waals surface area contributed by atoms with Gasteiger partial charge >= 0.3 is 0 Å². The molecule has 3 heteroatoms. The first-order chi connectivity index (χ1) is 8.63. The van der Waals surface area contributed by atoms with Gasteiger partial charge in [0.15, 0.2) is 0 Å². The highest BCUT2D eigenvalue weighted by molar-refractivity contribution is 5.76. The van der Waals surface area contributed by atoms with E-state index in [-0.39, 0.29) is 11.9 Å². The summed E-state index contributed by atoms with van der Waals surface area (Å²) in [6, 6.07) is 0.545. The van der Waals surface area contributed by atoms with Gasteiger partial charge in [-0.1, -0.05) is 39.0 Å². The molecule has 106 valence electrons. The first-order valence-electron chi connectivity index (χ1n) is 7.68. The Kier molecular flexibility index (Phi) is 7.33. The van der Waals surface area contributed by atoms with Gasteiger partial charge in [-0.2, -0.15) is 0 Å². The fourth-order valence-electron chi connectivity index (χ4n) is 2.83. The van der Waals surface area contributed by atoms with Gasteiger partial charge < -0.3 is 11.1 Å². The summed E-state index contributed by atoms with van der Waals surface area (Å²) in [5.74, 6) is 0.600. The molecule has 3 nitrogen and oxygen atoms in total. The van der Waals surface area contributed by atoms with Crippen LogP contribution in [0.25, 0.3) is 0 Å². The Bertz CT molecular complexity index is 243. The molecule has 0 aromatic rings. The van der Waals surface area contributed by atoms with Crippen LogP contribution in [0.5, 0.6) is 0 Å². The average molecular weight is 254 g/mol. The van der Waals surface area contributed by atoms with E-state index in [0.29, 0.717) is 18.4 Å². The van der Waals surface area contributed by atoms with Crippen LogP contribution in [0.4, 0.5) is 0 Å². The SMILES string of the molecule is CCCCCC(C)NC(=O)CC1CCCCC1N. The van der Waals surface area contributed by atoms with Crippen LogP contribution in [-0.4, -0.2) is 18.0 Å². The van der Waals surface area contributed by atoms with Crippen molar-refractivity contribution in [3.8, 4) is 0 Å². The van der Waals surface area contributed by atoms with Gasteiger partial charge in [-0.05, 0) is 32.1 Å². The normalized spacial score (nSPS) is 25.7. The van der Waals surface area contributed by atoms with E-state index in [0.717, 1.165) is 19.3 Å². The van der Waals surface area contributed by atoms with Gasteiger partial charge in [0.1, 0.15) is 0 Å². The molecule has 1 aliphatic carbocycles. The van der Waals surface area contributed by atoms with Crippen LogP contribution in [0.2, 0.25) is 0 Å². The lowest BCUT2D eigenvalue weighted by Gasteiger charge is -2.28. The number of rotatable bonds is 7. The van der Waals surface area contributed by atoms with E-state index < -0.39 is 0 Å². The molecule has 0 radical (unpaired) electrons. The van der Waals surface area contributed by atoms with Crippen molar-refractivity contribution in [1.82, 2.24) is 5.32 Å². The fourth-order valence-corrected chi connectivity index (χ4v) is 2.83. The Morgan fingerprint density at radius 1 is 1.33 bits per heavy atom. The van der Waals surface area contributed by atoms with Crippen molar-refractivity contribution in [2.75, 3.05) is 0 Å². The number of carbonyl (C=O) groups excluding carboxylic acids is 1. The molecule has 0 saturated heterocycles. The average Bonchev–Trinajstić information content (AvgIpc) is 2.32. The van der Waals surface area contributed by atoms with Gasteiger partial charge in [0.25, 0.3) is 0 Å². The number of amides is 1. The predicted octanol–water partition coefficient (Wildman–Crippen LogP) is 2.98. The van der Waals surface area contributed by atoms with Gasteiger partial charge in [-0.3, -0.25) is 4.79 Å². The summed E-state index contributed by atoms with van der Waals surface area (Å²) in [6.07, 6.45) is 10.1. The topological polar surface area (TPSA) is 55.1 Å². The van der Waals surface area contributed by atoms with E-state index in [4.69, 9.17) is 5.73 Å². The Morgan fingerprint density at radius 3 is 2.72 bits per heavy atom. The monoisotopic (exact) mass is 254 g/mol. The first-order valence-corrected chi connectivity index (χ1v) is 7.68. The number of carbonyl (C=O) groups is 1. The zero-order valence-corrected chi connectivity index (χ0v) is 12.1. The molecule has 0 aromatic carbocycles. The summed E-state index contributed by atoms with van der Waals surface area (Å²) in [5.41, 5.74) is 6.08. The molecule has 0 aromatic heterocycles. The first kappa shape index (κ1) is 15.5. The predicted molar refractivity (Wildman–Crippen MR) is 76.3 cm³/mol. The second kappa shape index (κ2) is 8.52. The summed E-state index contributed by atoms with van der Waals surface area (Å²) in [4.78, 5) is 11.9. The van der Waals surface area contributed by atoms with Crippen LogP contribution in [0, 0.1) is 5.92 Å². The third-order valence-corrected chi connectivity index (χ3v) is 4.06.